The van der Waals surface area contributed by atoms with Gasteiger partial charge in [0.15, 0.2) is 0 Å². The van der Waals surface area contributed by atoms with Gasteiger partial charge in [0.25, 0.3) is 0 Å². The van der Waals surface area contributed by atoms with Crippen molar-refractivity contribution in [2.45, 2.75) is 52.0 Å². The van der Waals surface area contributed by atoms with E-state index in [2.05, 4.69) is 19.9 Å². The van der Waals surface area contributed by atoms with E-state index < -0.39 is 0 Å². The number of amides is 1. The van der Waals surface area contributed by atoms with Gasteiger partial charge in [-0.15, -0.1) is 11.3 Å². The predicted molar refractivity (Wildman–Crippen MR) is 91.6 cm³/mol. The lowest BCUT2D eigenvalue weighted by atomic mass is 9.98. The molecule has 0 saturated carbocycles. The first-order valence-corrected chi connectivity index (χ1v) is 9.19. The molecule has 23 heavy (non-hydrogen) atoms. The lowest BCUT2D eigenvalue weighted by molar-refractivity contribution is -0.132. The molecule has 1 amide bonds. The van der Waals surface area contributed by atoms with Crippen molar-refractivity contribution in [2.24, 2.45) is 0 Å². The summed E-state index contributed by atoms with van der Waals surface area (Å²) in [7, 11) is 0. The molecule has 0 N–H and O–H groups in total. The van der Waals surface area contributed by atoms with Gasteiger partial charge in [0, 0.05) is 55.4 Å². The van der Waals surface area contributed by atoms with E-state index in [0.717, 1.165) is 50.4 Å². The van der Waals surface area contributed by atoms with Gasteiger partial charge >= 0.3 is 0 Å². The van der Waals surface area contributed by atoms with Crippen LogP contribution in [0.15, 0.2) is 17.8 Å². The Balaban J connectivity index is 1.50. The molecule has 6 heteroatoms. The van der Waals surface area contributed by atoms with E-state index in [-0.39, 0.29) is 5.91 Å². The fourth-order valence-corrected chi connectivity index (χ4v) is 4.09. The maximum Gasteiger partial charge on any atom is 0.222 e. The van der Waals surface area contributed by atoms with Gasteiger partial charge < -0.3 is 9.47 Å². The van der Waals surface area contributed by atoms with Crippen molar-refractivity contribution in [1.82, 2.24) is 19.4 Å². The Hall–Kier alpha value is -1.69. The molecule has 0 radical (unpaired) electrons. The summed E-state index contributed by atoms with van der Waals surface area (Å²) in [5, 5.41) is 3.29. The number of likely N-dealkylation sites (tertiary alicyclic amines) is 1. The third kappa shape index (κ3) is 3.99. The molecule has 2 aromatic heterocycles. The van der Waals surface area contributed by atoms with Crippen LogP contribution < -0.4 is 0 Å². The highest BCUT2D eigenvalue weighted by Gasteiger charge is 2.26. The Kier molecular flexibility index (Phi) is 5.10. The molecular formula is C17H24N4OS. The van der Waals surface area contributed by atoms with Gasteiger partial charge in [-0.1, -0.05) is 0 Å². The number of aryl methyl sites for hydroxylation is 3. The van der Waals surface area contributed by atoms with Gasteiger partial charge in [0.1, 0.15) is 5.82 Å². The Labute approximate surface area is 141 Å². The second-order valence-electron chi connectivity index (χ2n) is 6.28. The van der Waals surface area contributed by atoms with Crippen LogP contribution in [0.5, 0.6) is 0 Å². The summed E-state index contributed by atoms with van der Waals surface area (Å²) in [6.45, 7) is 6.61. The minimum atomic E-state index is 0.278. The fraction of sp³-hybridized carbons (Fsp3) is 0.588. The number of piperidine rings is 1. The number of hydrogen-bond donors (Lipinski definition) is 0. The predicted octanol–water partition coefficient (Wildman–Crippen LogP) is 3.14. The van der Waals surface area contributed by atoms with Crippen LogP contribution in [0.2, 0.25) is 0 Å². The summed E-state index contributed by atoms with van der Waals surface area (Å²) in [5.41, 5.74) is 1.09. The molecule has 0 aromatic carbocycles. The van der Waals surface area contributed by atoms with Gasteiger partial charge in [-0.3, -0.25) is 4.79 Å². The number of rotatable bonds is 5. The molecule has 1 aliphatic rings. The normalized spacial score (nSPS) is 18.3. The van der Waals surface area contributed by atoms with Crippen LogP contribution in [0, 0.1) is 13.8 Å². The third-order valence-electron chi connectivity index (χ3n) is 4.47. The van der Waals surface area contributed by atoms with Crippen LogP contribution in [0.4, 0.5) is 0 Å². The number of imidazole rings is 1. The first-order chi connectivity index (χ1) is 11.1. The first kappa shape index (κ1) is 16.2. The van der Waals surface area contributed by atoms with Crippen LogP contribution in [-0.4, -0.2) is 38.4 Å². The van der Waals surface area contributed by atoms with E-state index in [1.165, 1.54) is 5.01 Å². The number of thiazole rings is 1. The van der Waals surface area contributed by atoms with Crippen molar-refractivity contribution in [3.8, 4) is 0 Å². The Morgan fingerprint density at radius 2 is 2.30 bits per heavy atom. The zero-order chi connectivity index (χ0) is 16.2. The molecule has 0 aliphatic carbocycles. The summed E-state index contributed by atoms with van der Waals surface area (Å²) in [6.07, 6.45) is 7.49. The quantitative estimate of drug-likeness (QED) is 0.845. The van der Waals surface area contributed by atoms with Gasteiger partial charge in [-0.2, -0.15) is 0 Å². The summed E-state index contributed by atoms with van der Waals surface area (Å²) in [5.74, 6) is 1.71. The molecule has 0 spiro atoms. The molecule has 3 rings (SSSR count). The van der Waals surface area contributed by atoms with Crippen LogP contribution in [0.1, 0.15) is 48.1 Å². The molecule has 124 valence electrons. The van der Waals surface area contributed by atoms with Crippen molar-refractivity contribution in [3.05, 3.63) is 34.3 Å². The maximum absolute atomic E-state index is 12.5. The van der Waals surface area contributed by atoms with Gasteiger partial charge in [0.05, 0.1) is 5.01 Å². The molecule has 5 nitrogen and oxygen atoms in total. The molecule has 1 atom stereocenters. The molecule has 1 aliphatic heterocycles. The van der Waals surface area contributed by atoms with Crippen molar-refractivity contribution >= 4 is 17.2 Å². The molecule has 1 unspecified atom stereocenters. The average molecular weight is 332 g/mol. The van der Waals surface area contributed by atoms with Crippen molar-refractivity contribution in [3.63, 3.8) is 0 Å². The zero-order valence-corrected chi connectivity index (χ0v) is 14.7. The second kappa shape index (κ2) is 7.25. The lowest BCUT2D eigenvalue weighted by Gasteiger charge is -2.32. The third-order valence-corrected chi connectivity index (χ3v) is 5.60. The number of carbonyl (C=O) groups is 1. The standard InChI is InChI=1S/C17H24N4OS/c1-13-12-23-17(19-13)15-5-3-9-21(11-15)16(22)6-4-8-20-10-7-18-14(20)2/h7,10,12,15H,3-6,8-9,11H2,1-2H3. The van der Waals surface area contributed by atoms with Crippen molar-refractivity contribution < 1.29 is 4.79 Å². The molecule has 0 bridgehead atoms. The number of nitrogens with zero attached hydrogens (tertiary/aromatic N) is 4. The zero-order valence-electron chi connectivity index (χ0n) is 13.9. The summed E-state index contributed by atoms with van der Waals surface area (Å²) in [4.78, 5) is 23.3. The Bertz CT molecular complexity index is 663. The highest BCUT2D eigenvalue weighted by Crippen LogP contribution is 2.29. The second-order valence-corrected chi connectivity index (χ2v) is 7.17. The molecule has 2 aromatic rings. The SMILES string of the molecule is Cc1csc(C2CCCN(C(=O)CCCn3ccnc3C)C2)n1. The van der Waals surface area contributed by atoms with E-state index in [0.29, 0.717) is 12.3 Å². The number of aromatic nitrogens is 3. The molecular weight excluding hydrogens is 308 g/mol. The molecule has 1 fully saturated rings. The smallest absolute Gasteiger partial charge is 0.222 e. The largest absolute Gasteiger partial charge is 0.342 e. The van der Waals surface area contributed by atoms with E-state index in [1.54, 1.807) is 11.3 Å². The minimum Gasteiger partial charge on any atom is -0.342 e. The summed E-state index contributed by atoms with van der Waals surface area (Å²) in [6, 6.07) is 0. The van der Waals surface area contributed by atoms with E-state index in [9.17, 15) is 4.79 Å². The first-order valence-electron chi connectivity index (χ1n) is 8.31. The topological polar surface area (TPSA) is 51.0 Å². The van der Waals surface area contributed by atoms with Gasteiger partial charge in [-0.05, 0) is 33.1 Å². The molecule has 3 heterocycles. The van der Waals surface area contributed by atoms with Gasteiger partial charge in [0.2, 0.25) is 5.91 Å². The average Bonchev–Trinajstić information content (AvgIpc) is 3.16. The Morgan fingerprint density at radius 3 is 3.00 bits per heavy atom. The van der Waals surface area contributed by atoms with Crippen LogP contribution in [-0.2, 0) is 11.3 Å². The highest BCUT2D eigenvalue weighted by atomic mass is 32.1. The van der Waals surface area contributed by atoms with Crippen LogP contribution in [0.3, 0.4) is 0 Å². The van der Waals surface area contributed by atoms with Gasteiger partial charge in [-0.25, -0.2) is 9.97 Å². The summed E-state index contributed by atoms with van der Waals surface area (Å²) >= 11 is 1.73. The summed E-state index contributed by atoms with van der Waals surface area (Å²) < 4.78 is 2.10. The molecule has 1 saturated heterocycles. The fourth-order valence-electron chi connectivity index (χ4n) is 3.16. The lowest BCUT2D eigenvalue weighted by Crippen LogP contribution is -2.39. The van der Waals surface area contributed by atoms with Crippen molar-refractivity contribution in [2.75, 3.05) is 13.1 Å². The minimum absolute atomic E-state index is 0.278. The number of carbonyl (C=O) groups excluding carboxylic acids is 1. The van der Waals surface area contributed by atoms with Crippen LogP contribution >= 0.6 is 11.3 Å². The monoisotopic (exact) mass is 332 g/mol. The maximum atomic E-state index is 12.5. The van der Waals surface area contributed by atoms with E-state index in [1.807, 2.05) is 31.1 Å². The highest BCUT2D eigenvalue weighted by molar-refractivity contribution is 7.09. The van der Waals surface area contributed by atoms with Crippen LogP contribution in [0.25, 0.3) is 0 Å². The van der Waals surface area contributed by atoms with Crippen molar-refractivity contribution in [1.29, 1.82) is 0 Å². The Morgan fingerprint density at radius 1 is 1.43 bits per heavy atom. The van der Waals surface area contributed by atoms with E-state index >= 15 is 0 Å². The van der Waals surface area contributed by atoms with E-state index in [4.69, 9.17) is 0 Å². The number of hydrogen-bond acceptors (Lipinski definition) is 4.